The molecule has 3 aromatic rings. The summed E-state index contributed by atoms with van der Waals surface area (Å²) in [6.45, 7) is 5.86. The molecule has 1 spiro atoms. The fourth-order valence-corrected chi connectivity index (χ4v) is 4.47. The number of piperidine rings is 1. The lowest BCUT2D eigenvalue weighted by atomic mass is 9.88. The van der Waals surface area contributed by atoms with Gasteiger partial charge < -0.3 is 19.5 Å². The Morgan fingerprint density at radius 3 is 2.69 bits per heavy atom. The van der Waals surface area contributed by atoms with E-state index in [1.54, 1.807) is 12.4 Å². The second-order valence-corrected chi connectivity index (χ2v) is 8.36. The number of pyridine rings is 1. The van der Waals surface area contributed by atoms with Gasteiger partial charge in [0.25, 0.3) is 5.91 Å². The number of anilines is 2. The lowest BCUT2D eigenvalue weighted by Crippen LogP contribution is -2.53. The molecule has 1 atom stereocenters. The van der Waals surface area contributed by atoms with Gasteiger partial charge in [-0.3, -0.25) is 9.78 Å². The molecule has 5 heterocycles. The zero-order valence-electron chi connectivity index (χ0n) is 18.4. The maximum Gasteiger partial charge on any atom is 0.255 e. The summed E-state index contributed by atoms with van der Waals surface area (Å²) in [6.07, 6.45) is 10.9. The Bertz CT molecular complexity index is 1100. The Morgan fingerprint density at radius 1 is 1.19 bits per heavy atom. The van der Waals surface area contributed by atoms with E-state index in [1.165, 1.54) is 0 Å². The van der Waals surface area contributed by atoms with E-state index in [4.69, 9.17) is 4.74 Å². The first-order chi connectivity index (χ1) is 15.6. The van der Waals surface area contributed by atoms with Crippen molar-refractivity contribution in [1.82, 2.24) is 24.5 Å². The summed E-state index contributed by atoms with van der Waals surface area (Å²) in [6, 6.07) is 3.66. The molecular formula is C23H27N7O2. The fourth-order valence-electron chi connectivity index (χ4n) is 4.47. The average molecular weight is 434 g/mol. The molecule has 9 heteroatoms. The average Bonchev–Trinajstić information content (AvgIpc) is 3.31. The van der Waals surface area contributed by atoms with Gasteiger partial charge >= 0.3 is 0 Å². The zero-order chi connectivity index (χ0) is 22.1. The third-order valence-electron chi connectivity index (χ3n) is 6.36. The zero-order valence-corrected chi connectivity index (χ0v) is 18.4. The summed E-state index contributed by atoms with van der Waals surface area (Å²) < 4.78 is 8.56. The predicted molar refractivity (Wildman–Crippen MR) is 119 cm³/mol. The molecule has 166 valence electrons. The van der Waals surface area contributed by atoms with Crippen LogP contribution in [0.4, 0.5) is 11.6 Å². The van der Waals surface area contributed by atoms with Gasteiger partial charge in [0.2, 0.25) is 5.95 Å². The van der Waals surface area contributed by atoms with E-state index in [2.05, 4.69) is 37.1 Å². The SMILES string of the molecule is CCc1cnc(N2CCC3(CC2)O[C@@H](C(=O)Nc2cccnc2C)Cn2ccnc23)nc1. The van der Waals surface area contributed by atoms with E-state index >= 15 is 0 Å². The van der Waals surface area contributed by atoms with Crippen LogP contribution in [-0.2, 0) is 28.1 Å². The molecule has 0 aliphatic carbocycles. The molecule has 0 saturated carbocycles. The molecule has 0 bridgehead atoms. The molecule has 1 amide bonds. The van der Waals surface area contributed by atoms with Gasteiger partial charge in [0.15, 0.2) is 6.10 Å². The van der Waals surface area contributed by atoms with Crippen LogP contribution in [-0.4, -0.2) is 49.6 Å². The second kappa shape index (κ2) is 8.31. The Labute approximate surface area is 186 Å². The number of hydrogen-bond acceptors (Lipinski definition) is 7. The quantitative estimate of drug-likeness (QED) is 0.675. The number of carbonyl (C=O) groups excluding carboxylic acids is 1. The first-order valence-corrected chi connectivity index (χ1v) is 11.1. The minimum absolute atomic E-state index is 0.166. The maximum atomic E-state index is 13.1. The first kappa shape index (κ1) is 20.6. The summed E-state index contributed by atoms with van der Waals surface area (Å²) in [5.74, 6) is 1.46. The number of rotatable bonds is 4. The van der Waals surface area contributed by atoms with Crippen molar-refractivity contribution < 1.29 is 9.53 Å². The van der Waals surface area contributed by atoms with Crippen molar-refractivity contribution in [3.05, 3.63) is 60.2 Å². The van der Waals surface area contributed by atoms with Crippen LogP contribution in [0, 0.1) is 6.92 Å². The summed E-state index contributed by atoms with van der Waals surface area (Å²) in [5, 5.41) is 2.98. The number of aromatic nitrogens is 5. The molecule has 3 aromatic heterocycles. The van der Waals surface area contributed by atoms with Crippen molar-refractivity contribution >= 4 is 17.5 Å². The van der Waals surface area contributed by atoms with Crippen LogP contribution in [0.25, 0.3) is 0 Å². The largest absolute Gasteiger partial charge is 0.352 e. The van der Waals surface area contributed by atoms with E-state index in [1.807, 2.05) is 42.2 Å². The number of amides is 1. The normalized spacial score (nSPS) is 19.6. The van der Waals surface area contributed by atoms with Crippen LogP contribution >= 0.6 is 0 Å². The van der Waals surface area contributed by atoms with Gasteiger partial charge in [0, 0.05) is 56.9 Å². The molecule has 1 fully saturated rings. The Kier molecular flexibility index (Phi) is 5.34. The third kappa shape index (κ3) is 3.73. The van der Waals surface area contributed by atoms with E-state index in [-0.39, 0.29) is 5.91 Å². The van der Waals surface area contributed by atoms with E-state index < -0.39 is 11.7 Å². The van der Waals surface area contributed by atoms with Crippen LogP contribution < -0.4 is 10.2 Å². The van der Waals surface area contributed by atoms with Gasteiger partial charge in [-0.25, -0.2) is 15.0 Å². The van der Waals surface area contributed by atoms with Crippen molar-refractivity contribution in [2.24, 2.45) is 0 Å². The Morgan fingerprint density at radius 2 is 1.97 bits per heavy atom. The smallest absolute Gasteiger partial charge is 0.255 e. The molecule has 32 heavy (non-hydrogen) atoms. The molecule has 2 aliphatic rings. The molecule has 0 radical (unpaired) electrons. The number of fused-ring (bicyclic) bond motifs is 2. The number of imidazole rings is 1. The lowest BCUT2D eigenvalue weighted by Gasteiger charge is -2.45. The second-order valence-electron chi connectivity index (χ2n) is 8.36. The minimum atomic E-state index is -0.608. The first-order valence-electron chi connectivity index (χ1n) is 11.1. The molecule has 9 nitrogen and oxygen atoms in total. The summed E-state index contributed by atoms with van der Waals surface area (Å²) in [4.78, 5) is 33.2. The van der Waals surface area contributed by atoms with Gasteiger partial charge in [0.1, 0.15) is 11.4 Å². The number of hydrogen-bond donors (Lipinski definition) is 1. The Hall–Kier alpha value is -3.33. The molecular weight excluding hydrogens is 406 g/mol. The van der Waals surface area contributed by atoms with Crippen LogP contribution in [0.3, 0.4) is 0 Å². The molecule has 1 saturated heterocycles. The number of nitrogens with one attached hydrogen (secondary N) is 1. The van der Waals surface area contributed by atoms with Crippen molar-refractivity contribution in [3.8, 4) is 0 Å². The fraction of sp³-hybridized carbons (Fsp3) is 0.435. The number of ether oxygens (including phenoxy) is 1. The van der Waals surface area contributed by atoms with Crippen LogP contribution in [0.5, 0.6) is 0 Å². The lowest BCUT2D eigenvalue weighted by molar-refractivity contribution is -0.162. The monoisotopic (exact) mass is 433 g/mol. The van der Waals surface area contributed by atoms with Crippen LogP contribution in [0.15, 0.2) is 43.1 Å². The van der Waals surface area contributed by atoms with E-state index in [0.29, 0.717) is 25.1 Å². The van der Waals surface area contributed by atoms with Crippen molar-refractivity contribution in [2.45, 2.75) is 51.4 Å². The van der Waals surface area contributed by atoms with Crippen molar-refractivity contribution in [2.75, 3.05) is 23.3 Å². The molecule has 5 rings (SSSR count). The number of aryl methyl sites for hydroxylation is 2. The van der Waals surface area contributed by atoms with Gasteiger partial charge in [-0.2, -0.15) is 0 Å². The molecule has 1 N–H and O–H groups in total. The van der Waals surface area contributed by atoms with Crippen molar-refractivity contribution in [3.63, 3.8) is 0 Å². The summed E-state index contributed by atoms with van der Waals surface area (Å²) in [5.41, 5.74) is 2.00. The molecule has 0 unspecified atom stereocenters. The third-order valence-corrected chi connectivity index (χ3v) is 6.36. The van der Waals surface area contributed by atoms with Crippen LogP contribution in [0.1, 0.15) is 36.8 Å². The number of carbonyl (C=O) groups is 1. The van der Waals surface area contributed by atoms with Gasteiger partial charge in [-0.1, -0.05) is 6.92 Å². The van der Waals surface area contributed by atoms with E-state index in [9.17, 15) is 4.79 Å². The highest BCUT2D eigenvalue weighted by Crippen LogP contribution is 2.40. The summed E-state index contributed by atoms with van der Waals surface area (Å²) in [7, 11) is 0. The number of nitrogens with zero attached hydrogens (tertiary/aromatic N) is 6. The van der Waals surface area contributed by atoms with Crippen molar-refractivity contribution in [1.29, 1.82) is 0 Å². The highest BCUT2D eigenvalue weighted by atomic mass is 16.5. The maximum absolute atomic E-state index is 13.1. The van der Waals surface area contributed by atoms with Gasteiger partial charge in [-0.05, 0) is 31.0 Å². The summed E-state index contributed by atoms with van der Waals surface area (Å²) >= 11 is 0. The highest BCUT2D eigenvalue weighted by molar-refractivity contribution is 5.94. The molecule has 0 aromatic carbocycles. The standard InChI is InChI=1S/C23H27N7O2/c1-3-17-13-26-22(27-14-17)29-10-6-23(7-11-29)21-25-9-12-30(21)15-19(32-23)20(31)28-18-5-4-8-24-16(18)2/h4-5,8-9,12-14,19H,3,6-7,10-11,15H2,1-2H3,(H,28,31)/t19-/m1/s1. The topological polar surface area (TPSA) is 98.1 Å². The Balaban J connectivity index is 1.33. The van der Waals surface area contributed by atoms with Gasteiger partial charge in [0.05, 0.1) is 17.9 Å². The van der Waals surface area contributed by atoms with Gasteiger partial charge in [-0.15, -0.1) is 0 Å². The molecule has 2 aliphatic heterocycles. The minimum Gasteiger partial charge on any atom is -0.352 e. The van der Waals surface area contributed by atoms with Crippen LogP contribution in [0.2, 0.25) is 0 Å². The highest BCUT2D eigenvalue weighted by Gasteiger charge is 2.47. The predicted octanol–water partition coefficient (Wildman–Crippen LogP) is 2.47. The van der Waals surface area contributed by atoms with E-state index in [0.717, 1.165) is 42.5 Å².